The van der Waals surface area contributed by atoms with Gasteiger partial charge in [-0.2, -0.15) is 17.0 Å². The average molecular weight is 375 g/mol. The van der Waals surface area contributed by atoms with Gasteiger partial charge < -0.3 is 10.1 Å². The molecule has 0 bridgehead atoms. The molecule has 2 rings (SSSR count). The van der Waals surface area contributed by atoms with Crippen LogP contribution in [0.5, 0.6) is 5.75 Å². The number of rotatable bonds is 10. The van der Waals surface area contributed by atoms with Gasteiger partial charge in [0.25, 0.3) is 0 Å². The van der Waals surface area contributed by atoms with E-state index in [0.29, 0.717) is 24.3 Å². The summed E-state index contributed by atoms with van der Waals surface area (Å²) in [5.74, 6) is 1.93. The van der Waals surface area contributed by atoms with Crippen LogP contribution in [0.2, 0.25) is 0 Å². The highest BCUT2D eigenvalue weighted by Crippen LogP contribution is 2.27. The molecule has 1 N–H and O–H groups in total. The van der Waals surface area contributed by atoms with Crippen molar-refractivity contribution in [2.24, 2.45) is 0 Å². The lowest BCUT2D eigenvalue weighted by molar-refractivity contribution is -0.122. The minimum atomic E-state index is -0.762. The number of nitrogens with zero attached hydrogens (tertiary/aromatic N) is 1. The van der Waals surface area contributed by atoms with Gasteiger partial charge in [0, 0.05) is 24.2 Å². The molecular formula is C20H26N2O3S. The second-order valence-electron chi connectivity index (χ2n) is 6.55. The van der Waals surface area contributed by atoms with Gasteiger partial charge in [-0.05, 0) is 42.9 Å². The van der Waals surface area contributed by atoms with Crippen molar-refractivity contribution in [3.63, 3.8) is 0 Å². The molecule has 140 valence electrons. The SMILES string of the molecule is CCCCCOc1ccc(C(=O)CCC(=O)NC2(C#N)CCSC2)cc1. The van der Waals surface area contributed by atoms with Gasteiger partial charge in [0.2, 0.25) is 5.91 Å². The van der Waals surface area contributed by atoms with E-state index in [1.54, 1.807) is 36.0 Å². The highest BCUT2D eigenvalue weighted by molar-refractivity contribution is 7.99. The van der Waals surface area contributed by atoms with Crippen molar-refractivity contribution in [2.45, 2.75) is 51.0 Å². The van der Waals surface area contributed by atoms with Gasteiger partial charge in [-0.3, -0.25) is 9.59 Å². The van der Waals surface area contributed by atoms with Crippen LogP contribution in [0.25, 0.3) is 0 Å². The number of nitriles is 1. The van der Waals surface area contributed by atoms with Crippen molar-refractivity contribution in [1.82, 2.24) is 5.32 Å². The summed E-state index contributed by atoms with van der Waals surface area (Å²) in [7, 11) is 0. The highest BCUT2D eigenvalue weighted by atomic mass is 32.2. The maximum Gasteiger partial charge on any atom is 0.221 e. The summed E-state index contributed by atoms with van der Waals surface area (Å²) < 4.78 is 5.63. The third kappa shape index (κ3) is 6.06. The second kappa shape index (κ2) is 10.2. The van der Waals surface area contributed by atoms with Crippen LogP contribution < -0.4 is 10.1 Å². The Balaban J connectivity index is 1.76. The lowest BCUT2D eigenvalue weighted by Gasteiger charge is -2.21. The number of nitrogens with one attached hydrogen (secondary N) is 1. The average Bonchev–Trinajstić information content (AvgIpc) is 3.13. The molecule has 0 aromatic heterocycles. The van der Waals surface area contributed by atoms with Crippen LogP contribution in [0.4, 0.5) is 0 Å². The quantitative estimate of drug-likeness (QED) is 0.498. The summed E-state index contributed by atoms with van der Waals surface area (Å²) in [5, 5.41) is 12.1. The lowest BCUT2D eigenvalue weighted by Crippen LogP contribution is -2.47. The van der Waals surface area contributed by atoms with Gasteiger partial charge in [-0.25, -0.2) is 0 Å². The number of unbranched alkanes of at least 4 members (excludes halogenated alkanes) is 2. The number of hydrogen-bond donors (Lipinski definition) is 1. The van der Waals surface area contributed by atoms with E-state index >= 15 is 0 Å². The van der Waals surface area contributed by atoms with E-state index in [0.717, 1.165) is 30.8 Å². The van der Waals surface area contributed by atoms with Crippen LogP contribution in [0, 0.1) is 11.3 Å². The molecule has 1 saturated heterocycles. The predicted molar refractivity (Wildman–Crippen MR) is 103 cm³/mol. The number of amides is 1. The number of ketones is 1. The van der Waals surface area contributed by atoms with Crippen molar-refractivity contribution < 1.29 is 14.3 Å². The van der Waals surface area contributed by atoms with Gasteiger partial charge in [0.15, 0.2) is 5.78 Å². The Labute approximate surface area is 159 Å². The first-order chi connectivity index (χ1) is 12.6. The first-order valence-electron chi connectivity index (χ1n) is 9.14. The Morgan fingerprint density at radius 2 is 2.04 bits per heavy atom. The molecule has 1 atom stereocenters. The third-order valence-corrected chi connectivity index (χ3v) is 5.58. The Morgan fingerprint density at radius 1 is 1.27 bits per heavy atom. The van der Waals surface area contributed by atoms with Crippen LogP contribution in [0.15, 0.2) is 24.3 Å². The minimum Gasteiger partial charge on any atom is -0.494 e. The number of Topliss-reactive ketones (excluding diaryl/α,β-unsaturated/α-hetero) is 1. The normalized spacial score (nSPS) is 18.9. The van der Waals surface area contributed by atoms with Crippen molar-refractivity contribution in [1.29, 1.82) is 5.26 Å². The van der Waals surface area contributed by atoms with Crippen molar-refractivity contribution in [3.8, 4) is 11.8 Å². The molecule has 1 aliphatic rings. The number of thioether (sulfide) groups is 1. The fraction of sp³-hybridized carbons (Fsp3) is 0.550. The van der Waals surface area contributed by atoms with Crippen molar-refractivity contribution in [3.05, 3.63) is 29.8 Å². The molecule has 26 heavy (non-hydrogen) atoms. The lowest BCUT2D eigenvalue weighted by atomic mass is 10.0. The van der Waals surface area contributed by atoms with Crippen LogP contribution in [-0.2, 0) is 4.79 Å². The molecule has 1 fully saturated rings. The summed E-state index contributed by atoms with van der Waals surface area (Å²) in [6, 6.07) is 9.26. The summed E-state index contributed by atoms with van der Waals surface area (Å²) in [4.78, 5) is 24.3. The van der Waals surface area contributed by atoms with Crippen LogP contribution >= 0.6 is 11.8 Å². The zero-order valence-electron chi connectivity index (χ0n) is 15.3. The van der Waals surface area contributed by atoms with E-state index in [1.807, 2.05) is 0 Å². The summed E-state index contributed by atoms with van der Waals surface area (Å²) in [6.07, 6.45) is 4.21. The number of carbonyl (C=O) groups is 2. The maximum absolute atomic E-state index is 12.3. The molecule has 1 heterocycles. The Bertz CT molecular complexity index is 646. The van der Waals surface area contributed by atoms with Crippen LogP contribution in [0.1, 0.15) is 55.8 Å². The second-order valence-corrected chi connectivity index (χ2v) is 7.65. The molecule has 1 amide bonds. The molecule has 0 radical (unpaired) electrons. The molecule has 1 aliphatic heterocycles. The van der Waals surface area contributed by atoms with E-state index in [9.17, 15) is 14.9 Å². The minimum absolute atomic E-state index is 0.0792. The molecular weight excluding hydrogens is 348 g/mol. The van der Waals surface area contributed by atoms with E-state index in [1.165, 1.54) is 0 Å². The van der Waals surface area contributed by atoms with Gasteiger partial charge in [0.1, 0.15) is 11.3 Å². The van der Waals surface area contributed by atoms with E-state index in [2.05, 4.69) is 18.3 Å². The molecule has 6 heteroatoms. The number of hydrogen-bond acceptors (Lipinski definition) is 5. The Kier molecular flexibility index (Phi) is 7.99. The topological polar surface area (TPSA) is 79.2 Å². The first-order valence-corrected chi connectivity index (χ1v) is 10.3. The number of benzene rings is 1. The molecule has 5 nitrogen and oxygen atoms in total. The third-order valence-electron chi connectivity index (χ3n) is 4.39. The summed E-state index contributed by atoms with van der Waals surface area (Å²) in [5.41, 5.74) is -0.188. The fourth-order valence-corrected chi connectivity index (χ4v) is 4.03. The van der Waals surface area contributed by atoms with Crippen molar-refractivity contribution in [2.75, 3.05) is 18.1 Å². The number of ether oxygens (including phenoxy) is 1. The smallest absolute Gasteiger partial charge is 0.221 e. The monoisotopic (exact) mass is 374 g/mol. The van der Waals surface area contributed by atoms with Gasteiger partial charge in [-0.1, -0.05) is 19.8 Å². The summed E-state index contributed by atoms with van der Waals surface area (Å²) in [6.45, 7) is 2.83. The largest absolute Gasteiger partial charge is 0.494 e. The molecule has 0 aliphatic carbocycles. The maximum atomic E-state index is 12.3. The van der Waals surface area contributed by atoms with Crippen LogP contribution in [0.3, 0.4) is 0 Å². The fourth-order valence-electron chi connectivity index (χ4n) is 2.76. The molecule has 0 saturated carbocycles. The standard InChI is InChI=1S/C20H26N2O3S/c1-2-3-4-12-25-17-7-5-16(6-8-17)18(23)9-10-19(24)22-20(14-21)11-13-26-15-20/h5-8H,2-4,9-13,15H2,1H3,(H,22,24). The van der Waals surface area contributed by atoms with E-state index in [-0.39, 0.29) is 24.5 Å². The summed E-state index contributed by atoms with van der Waals surface area (Å²) >= 11 is 1.66. The molecule has 1 unspecified atom stereocenters. The van der Waals surface area contributed by atoms with E-state index < -0.39 is 5.54 Å². The highest BCUT2D eigenvalue weighted by Gasteiger charge is 2.35. The van der Waals surface area contributed by atoms with Crippen molar-refractivity contribution >= 4 is 23.5 Å². The van der Waals surface area contributed by atoms with Gasteiger partial charge in [-0.15, -0.1) is 0 Å². The molecule has 0 spiro atoms. The van der Waals surface area contributed by atoms with Gasteiger partial charge in [0.05, 0.1) is 12.7 Å². The van der Waals surface area contributed by atoms with Gasteiger partial charge >= 0.3 is 0 Å². The zero-order chi connectivity index (χ0) is 18.8. The zero-order valence-corrected chi connectivity index (χ0v) is 16.1. The predicted octanol–water partition coefficient (Wildman–Crippen LogP) is 3.73. The number of carbonyl (C=O) groups excluding carboxylic acids is 2. The van der Waals surface area contributed by atoms with Crippen LogP contribution in [-0.4, -0.2) is 35.3 Å². The molecule has 1 aromatic carbocycles. The Hall–Kier alpha value is -2.00. The van der Waals surface area contributed by atoms with E-state index in [4.69, 9.17) is 4.74 Å². The first kappa shape index (κ1) is 20.3. The molecule has 1 aromatic rings. The Morgan fingerprint density at radius 3 is 2.65 bits per heavy atom.